The number of hydrogen-bond donors (Lipinski definition) is 4. The number of halogens is 3. The molecule has 0 radical (unpaired) electrons. The zero-order chi connectivity index (χ0) is 26.6. The van der Waals surface area contributed by atoms with E-state index in [4.69, 9.17) is 11.5 Å². The zero-order valence-corrected chi connectivity index (χ0v) is 20.2. The van der Waals surface area contributed by atoms with E-state index in [1.165, 1.54) is 24.3 Å². The van der Waals surface area contributed by atoms with Crippen LogP contribution in [0.25, 0.3) is 11.3 Å². The molecule has 1 saturated carbocycles. The van der Waals surface area contributed by atoms with E-state index >= 15 is 0 Å². The Hall–Kier alpha value is -3.66. The third kappa shape index (κ3) is 6.37. The molecule has 6 N–H and O–H groups in total. The maximum Gasteiger partial charge on any atom is 0.435 e. The average Bonchev–Trinajstić information content (AvgIpc) is 3.35. The Morgan fingerprint density at radius 1 is 1.03 bits per heavy atom. The highest BCUT2D eigenvalue weighted by Gasteiger charge is 2.39. The summed E-state index contributed by atoms with van der Waals surface area (Å²) in [6, 6.07) is 13.9. The summed E-state index contributed by atoms with van der Waals surface area (Å²) < 4.78 is 42.0. The van der Waals surface area contributed by atoms with Crippen molar-refractivity contribution in [1.82, 2.24) is 15.3 Å². The van der Waals surface area contributed by atoms with Gasteiger partial charge in [0.2, 0.25) is 11.8 Å². The lowest BCUT2D eigenvalue weighted by Crippen LogP contribution is -2.37. The van der Waals surface area contributed by atoms with Crippen LogP contribution in [0.4, 0.5) is 13.2 Å². The highest BCUT2D eigenvalue weighted by Crippen LogP contribution is 2.37. The van der Waals surface area contributed by atoms with Gasteiger partial charge in [0.25, 0.3) is 0 Å². The van der Waals surface area contributed by atoms with Gasteiger partial charge in [-0.2, -0.15) is 13.2 Å². The maximum absolute atomic E-state index is 14.0. The molecule has 37 heavy (non-hydrogen) atoms. The van der Waals surface area contributed by atoms with Crippen LogP contribution >= 0.6 is 0 Å². The van der Waals surface area contributed by atoms with Crippen molar-refractivity contribution >= 4 is 11.8 Å². The molecule has 1 heterocycles. The van der Waals surface area contributed by atoms with E-state index in [0.29, 0.717) is 25.3 Å². The molecule has 3 aromatic rings. The van der Waals surface area contributed by atoms with Gasteiger partial charge in [0.05, 0.1) is 11.7 Å². The SMILES string of the molecule is NCC1CCC(C(=O)NC(Cc2ccccc2)c2nc(C(F)(F)F)c(-c3ccc(C(N)=O)cc3)[nH]2)CC1. The van der Waals surface area contributed by atoms with Crippen LogP contribution in [0.15, 0.2) is 54.6 Å². The Balaban J connectivity index is 1.67. The molecule has 0 saturated heterocycles. The zero-order valence-electron chi connectivity index (χ0n) is 20.2. The van der Waals surface area contributed by atoms with Gasteiger partial charge in [0, 0.05) is 17.0 Å². The minimum atomic E-state index is -4.74. The van der Waals surface area contributed by atoms with Crippen molar-refractivity contribution in [3.05, 3.63) is 77.2 Å². The molecule has 7 nitrogen and oxygen atoms in total. The number of alkyl halides is 3. The number of H-pyrrole nitrogens is 1. The van der Waals surface area contributed by atoms with E-state index < -0.39 is 23.8 Å². The quantitative estimate of drug-likeness (QED) is 0.357. The molecule has 1 aliphatic rings. The number of rotatable bonds is 8. The Morgan fingerprint density at radius 2 is 1.68 bits per heavy atom. The Kier molecular flexibility index (Phi) is 7.97. The van der Waals surface area contributed by atoms with Gasteiger partial charge in [-0.05, 0) is 62.3 Å². The first-order chi connectivity index (χ1) is 17.7. The van der Waals surface area contributed by atoms with Crippen molar-refractivity contribution in [2.75, 3.05) is 6.54 Å². The Morgan fingerprint density at radius 3 is 2.24 bits per heavy atom. The molecule has 0 bridgehead atoms. The van der Waals surface area contributed by atoms with E-state index in [-0.39, 0.29) is 40.9 Å². The van der Waals surface area contributed by atoms with Crippen molar-refractivity contribution < 1.29 is 22.8 Å². The number of amides is 2. The number of hydrogen-bond acceptors (Lipinski definition) is 4. The van der Waals surface area contributed by atoms with Crippen molar-refractivity contribution in [1.29, 1.82) is 0 Å². The number of primary amides is 1. The second kappa shape index (κ2) is 11.2. The number of benzene rings is 2. The fourth-order valence-corrected chi connectivity index (χ4v) is 4.79. The molecule has 1 aliphatic carbocycles. The molecule has 196 valence electrons. The summed E-state index contributed by atoms with van der Waals surface area (Å²) in [5.41, 5.74) is 10.9. The number of aromatic nitrogens is 2. The first-order valence-corrected chi connectivity index (χ1v) is 12.3. The predicted octanol–water partition coefficient (Wildman–Crippen LogP) is 4.36. The number of nitrogens with zero attached hydrogens (tertiary/aromatic N) is 1. The highest BCUT2D eigenvalue weighted by molar-refractivity contribution is 5.93. The van der Waals surface area contributed by atoms with Gasteiger partial charge in [0.1, 0.15) is 5.82 Å². The van der Waals surface area contributed by atoms with Crippen LogP contribution in [-0.4, -0.2) is 28.3 Å². The number of nitrogens with one attached hydrogen (secondary N) is 2. The van der Waals surface area contributed by atoms with Crippen molar-refractivity contribution in [2.24, 2.45) is 23.3 Å². The largest absolute Gasteiger partial charge is 0.435 e. The normalized spacial score (nSPS) is 18.8. The predicted molar refractivity (Wildman–Crippen MR) is 133 cm³/mol. The number of carbonyl (C=O) groups excluding carboxylic acids is 2. The van der Waals surface area contributed by atoms with E-state index in [0.717, 1.165) is 18.4 Å². The number of carbonyl (C=O) groups is 2. The molecule has 1 unspecified atom stereocenters. The molecule has 10 heteroatoms. The average molecular weight is 514 g/mol. The summed E-state index contributed by atoms with van der Waals surface area (Å²) in [7, 11) is 0. The number of imidazole rings is 1. The van der Waals surface area contributed by atoms with E-state index in [1.807, 2.05) is 30.3 Å². The fourth-order valence-electron chi connectivity index (χ4n) is 4.79. The molecule has 0 spiro atoms. The third-order valence-corrected chi connectivity index (χ3v) is 6.93. The molecule has 2 amide bonds. The maximum atomic E-state index is 14.0. The first-order valence-electron chi connectivity index (χ1n) is 12.3. The molecular formula is C27H30F3N5O2. The van der Waals surface area contributed by atoms with Crippen LogP contribution < -0.4 is 16.8 Å². The van der Waals surface area contributed by atoms with Crippen molar-refractivity contribution in [3.8, 4) is 11.3 Å². The van der Waals surface area contributed by atoms with Gasteiger partial charge in [-0.1, -0.05) is 42.5 Å². The topological polar surface area (TPSA) is 127 Å². The third-order valence-electron chi connectivity index (χ3n) is 6.93. The van der Waals surface area contributed by atoms with Gasteiger partial charge >= 0.3 is 6.18 Å². The van der Waals surface area contributed by atoms with Crippen LogP contribution in [0.2, 0.25) is 0 Å². The summed E-state index contributed by atoms with van der Waals surface area (Å²) >= 11 is 0. The van der Waals surface area contributed by atoms with Gasteiger partial charge in [-0.15, -0.1) is 0 Å². The summed E-state index contributed by atoms with van der Waals surface area (Å²) in [6.45, 7) is 0.584. The second-order valence-electron chi connectivity index (χ2n) is 9.49. The molecule has 2 aromatic carbocycles. The Bertz CT molecular complexity index is 1220. The van der Waals surface area contributed by atoms with Crippen LogP contribution in [0.1, 0.15) is 59.2 Å². The summed E-state index contributed by atoms with van der Waals surface area (Å²) in [5.74, 6) is -0.701. The first kappa shape index (κ1) is 26.4. The van der Waals surface area contributed by atoms with E-state index in [2.05, 4.69) is 15.3 Å². The van der Waals surface area contributed by atoms with Gasteiger partial charge in [-0.25, -0.2) is 4.98 Å². The minimum Gasteiger partial charge on any atom is -0.366 e. The molecule has 4 rings (SSSR count). The minimum absolute atomic E-state index is 0.00847. The summed E-state index contributed by atoms with van der Waals surface area (Å²) in [4.78, 5) is 31.3. The summed E-state index contributed by atoms with van der Waals surface area (Å²) in [5, 5.41) is 2.96. The smallest absolute Gasteiger partial charge is 0.366 e. The number of aromatic amines is 1. The summed E-state index contributed by atoms with van der Waals surface area (Å²) in [6.07, 6.45) is -1.40. The lowest BCUT2D eigenvalue weighted by Gasteiger charge is -2.28. The molecule has 1 fully saturated rings. The lowest BCUT2D eigenvalue weighted by atomic mass is 9.81. The lowest BCUT2D eigenvalue weighted by molar-refractivity contribution is -0.140. The molecular weight excluding hydrogens is 483 g/mol. The monoisotopic (exact) mass is 513 g/mol. The van der Waals surface area contributed by atoms with Gasteiger partial charge < -0.3 is 21.8 Å². The van der Waals surface area contributed by atoms with Gasteiger partial charge in [0.15, 0.2) is 5.69 Å². The second-order valence-corrected chi connectivity index (χ2v) is 9.49. The van der Waals surface area contributed by atoms with E-state index in [9.17, 15) is 22.8 Å². The van der Waals surface area contributed by atoms with E-state index in [1.54, 1.807) is 0 Å². The van der Waals surface area contributed by atoms with Crippen LogP contribution in [-0.2, 0) is 17.4 Å². The van der Waals surface area contributed by atoms with Crippen molar-refractivity contribution in [3.63, 3.8) is 0 Å². The van der Waals surface area contributed by atoms with Crippen molar-refractivity contribution in [2.45, 2.75) is 44.3 Å². The fraction of sp³-hybridized carbons (Fsp3) is 0.370. The molecule has 1 atom stereocenters. The Labute approximate surface area is 212 Å². The standard InChI is InChI=1S/C27H30F3N5O2/c28-27(29,30)23-22(18-10-12-19(13-11-18)24(32)36)34-25(35-23)21(14-16-4-2-1-3-5-16)33-26(37)20-8-6-17(15-31)7-9-20/h1-5,10-13,17,20-21H,6-9,14-15,31H2,(H2,32,36)(H,33,37)(H,34,35). The van der Waals surface area contributed by atoms with Gasteiger partial charge in [-0.3, -0.25) is 9.59 Å². The highest BCUT2D eigenvalue weighted by atomic mass is 19.4. The number of nitrogens with two attached hydrogens (primary N) is 2. The molecule has 0 aliphatic heterocycles. The molecule has 1 aromatic heterocycles. The van der Waals surface area contributed by atoms with Crippen LogP contribution in [0.5, 0.6) is 0 Å². The van der Waals surface area contributed by atoms with Crippen LogP contribution in [0, 0.1) is 11.8 Å². The van der Waals surface area contributed by atoms with Crippen LogP contribution in [0.3, 0.4) is 0 Å².